The van der Waals surface area contributed by atoms with Crippen molar-refractivity contribution in [2.24, 2.45) is 5.73 Å². The van der Waals surface area contributed by atoms with Gasteiger partial charge in [-0.2, -0.15) is 0 Å². The monoisotopic (exact) mass is 237 g/mol. The van der Waals surface area contributed by atoms with Gasteiger partial charge in [0.1, 0.15) is 5.76 Å². The number of likely N-dealkylation sites (tertiary alicyclic amines) is 1. The molecule has 0 amide bonds. The lowest BCUT2D eigenvalue weighted by Gasteiger charge is -2.39. The predicted molar refractivity (Wildman–Crippen MR) is 67.7 cm³/mol. The van der Waals surface area contributed by atoms with Crippen LogP contribution in [-0.2, 0) is 6.54 Å². The van der Waals surface area contributed by atoms with Crippen molar-refractivity contribution < 1.29 is 4.42 Å². The van der Waals surface area contributed by atoms with Crippen molar-refractivity contribution in [3.8, 4) is 0 Å². The lowest BCUT2D eigenvalue weighted by molar-refractivity contribution is 0.0792. The summed E-state index contributed by atoms with van der Waals surface area (Å²) in [5.41, 5.74) is 6.85. The zero-order valence-corrected chi connectivity index (χ0v) is 11.1. The van der Waals surface area contributed by atoms with Crippen LogP contribution in [0.5, 0.6) is 0 Å². The molecule has 1 aromatic rings. The molecule has 96 valence electrons. The van der Waals surface area contributed by atoms with Crippen LogP contribution < -0.4 is 5.73 Å². The highest BCUT2D eigenvalue weighted by atomic mass is 16.4. The standard InChI is InChI=1S/C13H23N3O/c1-9-5-4-6-12(7-14)16(9)8-13-15-10(2)11(3)17-13/h9,12H,4-8,14H2,1-3H3. The Balaban J connectivity index is 2.09. The molecule has 2 heterocycles. The molecule has 0 aliphatic carbocycles. The van der Waals surface area contributed by atoms with Crippen LogP contribution in [0.4, 0.5) is 0 Å². The number of piperidine rings is 1. The van der Waals surface area contributed by atoms with Gasteiger partial charge in [-0.05, 0) is 33.6 Å². The van der Waals surface area contributed by atoms with Gasteiger partial charge in [0.25, 0.3) is 0 Å². The molecule has 0 bridgehead atoms. The van der Waals surface area contributed by atoms with Gasteiger partial charge in [0.2, 0.25) is 5.89 Å². The molecule has 2 N–H and O–H groups in total. The van der Waals surface area contributed by atoms with Crippen LogP contribution in [0.25, 0.3) is 0 Å². The summed E-state index contributed by atoms with van der Waals surface area (Å²) in [6.45, 7) is 7.74. The Morgan fingerprint density at radius 3 is 2.76 bits per heavy atom. The summed E-state index contributed by atoms with van der Waals surface area (Å²) in [7, 11) is 0. The zero-order valence-electron chi connectivity index (χ0n) is 11.1. The van der Waals surface area contributed by atoms with Crippen molar-refractivity contribution in [3.63, 3.8) is 0 Å². The fraction of sp³-hybridized carbons (Fsp3) is 0.769. The average molecular weight is 237 g/mol. The average Bonchev–Trinajstić information content (AvgIpc) is 2.61. The van der Waals surface area contributed by atoms with Crippen LogP contribution in [0.1, 0.15) is 43.5 Å². The van der Waals surface area contributed by atoms with Gasteiger partial charge >= 0.3 is 0 Å². The van der Waals surface area contributed by atoms with E-state index in [0.29, 0.717) is 12.1 Å². The molecule has 2 atom stereocenters. The summed E-state index contributed by atoms with van der Waals surface area (Å²) in [4.78, 5) is 6.90. The number of oxazole rings is 1. The number of rotatable bonds is 3. The van der Waals surface area contributed by atoms with E-state index in [9.17, 15) is 0 Å². The topological polar surface area (TPSA) is 55.3 Å². The molecule has 1 aliphatic heterocycles. The van der Waals surface area contributed by atoms with Crippen molar-refractivity contribution >= 4 is 0 Å². The molecule has 2 rings (SSSR count). The molecule has 0 radical (unpaired) electrons. The smallest absolute Gasteiger partial charge is 0.208 e. The Labute approximate surface area is 103 Å². The Morgan fingerprint density at radius 1 is 1.41 bits per heavy atom. The second kappa shape index (κ2) is 5.19. The summed E-state index contributed by atoms with van der Waals surface area (Å²) in [6.07, 6.45) is 3.72. The maximum Gasteiger partial charge on any atom is 0.208 e. The van der Waals surface area contributed by atoms with E-state index >= 15 is 0 Å². The zero-order chi connectivity index (χ0) is 12.4. The van der Waals surface area contributed by atoms with Crippen molar-refractivity contribution in [1.82, 2.24) is 9.88 Å². The highest BCUT2D eigenvalue weighted by molar-refractivity contribution is 5.05. The molecule has 4 nitrogen and oxygen atoms in total. The second-order valence-electron chi connectivity index (χ2n) is 5.09. The first-order valence-electron chi connectivity index (χ1n) is 6.50. The van der Waals surface area contributed by atoms with Crippen molar-refractivity contribution in [2.45, 2.75) is 58.7 Å². The first kappa shape index (κ1) is 12.6. The van der Waals surface area contributed by atoms with Gasteiger partial charge in [-0.25, -0.2) is 4.98 Å². The van der Waals surface area contributed by atoms with Crippen LogP contribution in [-0.4, -0.2) is 28.5 Å². The molecule has 17 heavy (non-hydrogen) atoms. The molecule has 2 unspecified atom stereocenters. The third kappa shape index (κ3) is 2.69. The Morgan fingerprint density at radius 2 is 2.18 bits per heavy atom. The third-order valence-corrected chi connectivity index (χ3v) is 3.86. The largest absolute Gasteiger partial charge is 0.444 e. The third-order valence-electron chi connectivity index (χ3n) is 3.86. The van der Waals surface area contributed by atoms with E-state index in [0.717, 1.165) is 30.4 Å². The molecule has 4 heteroatoms. The van der Waals surface area contributed by atoms with E-state index in [1.54, 1.807) is 0 Å². The summed E-state index contributed by atoms with van der Waals surface area (Å²) < 4.78 is 5.66. The van der Waals surface area contributed by atoms with E-state index in [-0.39, 0.29) is 0 Å². The summed E-state index contributed by atoms with van der Waals surface area (Å²) in [5, 5.41) is 0. The number of nitrogens with two attached hydrogens (primary N) is 1. The van der Waals surface area contributed by atoms with E-state index < -0.39 is 0 Å². The van der Waals surface area contributed by atoms with E-state index in [4.69, 9.17) is 10.2 Å². The predicted octanol–water partition coefficient (Wildman–Crippen LogP) is 1.99. The summed E-state index contributed by atoms with van der Waals surface area (Å²) in [5.74, 6) is 1.75. The van der Waals surface area contributed by atoms with Crippen molar-refractivity contribution in [2.75, 3.05) is 6.54 Å². The fourth-order valence-corrected chi connectivity index (χ4v) is 2.64. The molecule has 0 spiro atoms. The van der Waals surface area contributed by atoms with E-state index in [2.05, 4.69) is 16.8 Å². The maximum atomic E-state index is 5.85. The lowest BCUT2D eigenvalue weighted by Crippen LogP contribution is -2.48. The lowest BCUT2D eigenvalue weighted by atomic mass is 9.96. The fourth-order valence-electron chi connectivity index (χ4n) is 2.64. The van der Waals surface area contributed by atoms with E-state index in [1.165, 1.54) is 19.3 Å². The Bertz CT molecular complexity index is 355. The first-order chi connectivity index (χ1) is 8.11. The second-order valence-corrected chi connectivity index (χ2v) is 5.09. The maximum absolute atomic E-state index is 5.85. The van der Waals surface area contributed by atoms with Crippen LogP contribution in [0.15, 0.2) is 4.42 Å². The minimum Gasteiger partial charge on any atom is -0.444 e. The van der Waals surface area contributed by atoms with Crippen LogP contribution >= 0.6 is 0 Å². The van der Waals surface area contributed by atoms with Crippen molar-refractivity contribution in [1.29, 1.82) is 0 Å². The number of hydrogen-bond acceptors (Lipinski definition) is 4. The van der Waals surface area contributed by atoms with Crippen LogP contribution in [0.3, 0.4) is 0 Å². The number of aromatic nitrogens is 1. The number of nitrogens with zero attached hydrogens (tertiary/aromatic N) is 2. The van der Waals surface area contributed by atoms with Gasteiger partial charge in [-0.15, -0.1) is 0 Å². The Kier molecular flexibility index (Phi) is 3.84. The van der Waals surface area contributed by atoms with Gasteiger partial charge in [0, 0.05) is 18.6 Å². The molecular formula is C13H23N3O. The van der Waals surface area contributed by atoms with Gasteiger partial charge in [-0.1, -0.05) is 6.42 Å². The number of hydrogen-bond donors (Lipinski definition) is 1. The molecule has 1 aromatic heterocycles. The Hall–Kier alpha value is -0.870. The van der Waals surface area contributed by atoms with Gasteiger partial charge < -0.3 is 10.2 Å². The minimum absolute atomic E-state index is 0.478. The minimum atomic E-state index is 0.478. The van der Waals surface area contributed by atoms with Gasteiger partial charge in [0.05, 0.1) is 12.2 Å². The highest BCUT2D eigenvalue weighted by Gasteiger charge is 2.28. The summed E-state index contributed by atoms with van der Waals surface area (Å²) >= 11 is 0. The van der Waals surface area contributed by atoms with E-state index in [1.807, 2.05) is 13.8 Å². The molecule has 0 aromatic carbocycles. The van der Waals surface area contributed by atoms with Crippen LogP contribution in [0.2, 0.25) is 0 Å². The normalized spacial score (nSPS) is 26.4. The quantitative estimate of drug-likeness (QED) is 0.873. The summed E-state index contributed by atoms with van der Waals surface area (Å²) in [6, 6.07) is 1.05. The molecule has 1 saturated heterocycles. The molecular weight excluding hydrogens is 214 g/mol. The van der Waals surface area contributed by atoms with Crippen molar-refractivity contribution in [3.05, 3.63) is 17.3 Å². The SMILES string of the molecule is Cc1nc(CN2C(C)CCCC2CN)oc1C. The molecule has 1 aliphatic rings. The number of aryl methyl sites for hydroxylation is 2. The van der Waals surface area contributed by atoms with Crippen LogP contribution in [0, 0.1) is 13.8 Å². The molecule has 1 fully saturated rings. The highest BCUT2D eigenvalue weighted by Crippen LogP contribution is 2.24. The first-order valence-corrected chi connectivity index (χ1v) is 6.50. The van der Waals surface area contributed by atoms with Gasteiger partial charge in [-0.3, -0.25) is 4.90 Å². The van der Waals surface area contributed by atoms with Gasteiger partial charge in [0.15, 0.2) is 0 Å². The molecule has 0 saturated carbocycles.